The molecule has 0 saturated heterocycles. The molecular formula is C20H21NO2. The number of aromatic nitrogens is 1. The van der Waals surface area contributed by atoms with Crippen molar-refractivity contribution in [3.8, 4) is 16.9 Å². The van der Waals surface area contributed by atoms with Crippen LogP contribution in [0.4, 0.5) is 0 Å². The Kier molecular flexibility index (Phi) is 3.72. The first-order valence-electron chi connectivity index (χ1n) is 7.70. The van der Waals surface area contributed by atoms with Crippen LogP contribution in [0, 0.1) is 27.7 Å². The Balaban J connectivity index is 2.35. The lowest BCUT2D eigenvalue weighted by Crippen LogP contribution is -1.98. The smallest absolute Gasteiger partial charge is 0.167 e. The lowest BCUT2D eigenvalue weighted by atomic mass is 9.94. The summed E-state index contributed by atoms with van der Waals surface area (Å²) < 4.78 is 7.47. The van der Waals surface area contributed by atoms with E-state index in [1.165, 1.54) is 0 Å². The minimum absolute atomic E-state index is 0.691. The van der Waals surface area contributed by atoms with Crippen molar-refractivity contribution in [2.45, 2.75) is 27.7 Å². The van der Waals surface area contributed by atoms with Gasteiger partial charge in [0.25, 0.3) is 0 Å². The van der Waals surface area contributed by atoms with Gasteiger partial charge in [0.1, 0.15) is 5.75 Å². The predicted molar refractivity (Wildman–Crippen MR) is 93.7 cm³/mol. The molecule has 2 heterocycles. The van der Waals surface area contributed by atoms with Gasteiger partial charge >= 0.3 is 0 Å². The second-order valence-corrected chi connectivity index (χ2v) is 6.09. The Hall–Kier alpha value is -2.55. The summed E-state index contributed by atoms with van der Waals surface area (Å²) in [6.07, 6.45) is 2.94. The number of benzene rings is 1. The minimum atomic E-state index is 0.691. The standard InChI is InChI=1S/C20H21NO2/c1-12-6-7-16-9-18(19(11-22)21(16)10-12)17-8-13(2)20(23-5)15(4)14(17)3/h6-11H,1-5H3. The molecule has 23 heavy (non-hydrogen) atoms. The van der Waals surface area contributed by atoms with Gasteiger partial charge in [0.2, 0.25) is 0 Å². The van der Waals surface area contributed by atoms with Gasteiger partial charge in [0.15, 0.2) is 6.29 Å². The Morgan fingerprint density at radius 3 is 2.39 bits per heavy atom. The molecule has 0 N–H and O–H groups in total. The van der Waals surface area contributed by atoms with E-state index in [1.807, 2.05) is 30.5 Å². The zero-order valence-electron chi connectivity index (χ0n) is 14.2. The number of pyridine rings is 1. The first kappa shape index (κ1) is 15.3. The van der Waals surface area contributed by atoms with Gasteiger partial charge in [-0.05, 0) is 73.7 Å². The van der Waals surface area contributed by atoms with E-state index < -0.39 is 0 Å². The zero-order valence-corrected chi connectivity index (χ0v) is 14.2. The molecule has 3 nitrogen and oxygen atoms in total. The van der Waals surface area contributed by atoms with Gasteiger partial charge in [-0.2, -0.15) is 0 Å². The average molecular weight is 307 g/mol. The van der Waals surface area contributed by atoms with Crippen molar-refractivity contribution < 1.29 is 9.53 Å². The number of hydrogen-bond acceptors (Lipinski definition) is 2. The first-order chi connectivity index (χ1) is 11.0. The van der Waals surface area contributed by atoms with E-state index in [1.54, 1.807) is 7.11 Å². The molecule has 3 aromatic rings. The molecule has 0 spiro atoms. The van der Waals surface area contributed by atoms with Crippen LogP contribution in [-0.2, 0) is 0 Å². The van der Waals surface area contributed by atoms with Gasteiger partial charge in [-0.25, -0.2) is 0 Å². The molecule has 0 aliphatic carbocycles. The van der Waals surface area contributed by atoms with E-state index in [-0.39, 0.29) is 0 Å². The highest BCUT2D eigenvalue weighted by atomic mass is 16.5. The molecular weight excluding hydrogens is 286 g/mol. The van der Waals surface area contributed by atoms with Crippen molar-refractivity contribution in [1.29, 1.82) is 0 Å². The SMILES string of the molecule is COc1c(C)cc(-c2cc3ccc(C)cn3c2C=O)c(C)c1C. The van der Waals surface area contributed by atoms with Crippen molar-refractivity contribution in [2.75, 3.05) is 7.11 Å². The second-order valence-electron chi connectivity index (χ2n) is 6.09. The summed E-state index contributed by atoms with van der Waals surface area (Å²) in [5, 5.41) is 0. The van der Waals surface area contributed by atoms with Crippen LogP contribution in [0.5, 0.6) is 5.75 Å². The van der Waals surface area contributed by atoms with Gasteiger partial charge in [-0.3, -0.25) is 4.79 Å². The molecule has 2 aromatic heterocycles. The van der Waals surface area contributed by atoms with Crippen LogP contribution in [0.2, 0.25) is 0 Å². The third-order valence-corrected chi connectivity index (χ3v) is 4.59. The molecule has 1 aromatic carbocycles. The van der Waals surface area contributed by atoms with Crippen molar-refractivity contribution in [3.05, 3.63) is 58.4 Å². The van der Waals surface area contributed by atoms with Crippen LogP contribution in [0.15, 0.2) is 30.5 Å². The molecule has 3 rings (SSSR count). The Morgan fingerprint density at radius 1 is 1.00 bits per heavy atom. The van der Waals surface area contributed by atoms with Crippen molar-refractivity contribution >= 4 is 11.8 Å². The second kappa shape index (κ2) is 5.58. The maximum Gasteiger partial charge on any atom is 0.167 e. The lowest BCUT2D eigenvalue weighted by Gasteiger charge is -2.15. The lowest BCUT2D eigenvalue weighted by molar-refractivity contribution is 0.111. The van der Waals surface area contributed by atoms with E-state index in [0.29, 0.717) is 5.69 Å². The number of aryl methyl sites for hydroxylation is 2. The summed E-state index contributed by atoms with van der Waals surface area (Å²) in [5.74, 6) is 0.915. The normalized spacial score (nSPS) is 11.0. The summed E-state index contributed by atoms with van der Waals surface area (Å²) in [7, 11) is 1.70. The third-order valence-electron chi connectivity index (χ3n) is 4.59. The quantitative estimate of drug-likeness (QED) is 0.659. The van der Waals surface area contributed by atoms with Crippen molar-refractivity contribution in [1.82, 2.24) is 4.40 Å². The molecule has 3 heteroatoms. The molecule has 0 bridgehead atoms. The zero-order chi connectivity index (χ0) is 16.7. The van der Waals surface area contributed by atoms with E-state index in [2.05, 4.69) is 32.0 Å². The van der Waals surface area contributed by atoms with E-state index in [9.17, 15) is 4.79 Å². The number of aldehydes is 1. The number of ether oxygens (including phenoxy) is 1. The molecule has 0 radical (unpaired) electrons. The topological polar surface area (TPSA) is 30.7 Å². The molecule has 0 saturated carbocycles. The van der Waals surface area contributed by atoms with E-state index >= 15 is 0 Å². The number of hydrogen-bond donors (Lipinski definition) is 0. The number of nitrogens with zero attached hydrogens (tertiary/aromatic N) is 1. The van der Waals surface area contributed by atoms with Crippen LogP contribution in [0.3, 0.4) is 0 Å². The van der Waals surface area contributed by atoms with Crippen LogP contribution in [0.1, 0.15) is 32.7 Å². The number of carbonyl (C=O) groups is 1. The number of carbonyl (C=O) groups excluding carboxylic acids is 1. The number of rotatable bonds is 3. The fourth-order valence-corrected chi connectivity index (χ4v) is 3.28. The van der Waals surface area contributed by atoms with E-state index in [0.717, 1.165) is 50.9 Å². The van der Waals surface area contributed by atoms with Gasteiger partial charge in [-0.15, -0.1) is 0 Å². The maximum atomic E-state index is 11.7. The highest BCUT2D eigenvalue weighted by Gasteiger charge is 2.17. The van der Waals surface area contributed by atoms with E-state index in [4.69, 9.17) is 4.74 Å². The number of fused-ring (bicyclic) bond motifs is 1. The Labute approximate surface area is 136 Å². The van der Waals surface area contributed by atoms with Crippen LogP contribution >= 0.6 is 0 Å². The summed E-state index contributed by atoms with van der Waals surface area (Å²) in [4.78, 5) is 11.7. The highest BCUT2D eigenvalue weighted by molar-refractivity contribution is 5.91. The molecule has 118 valence electrons. The average Bonchev–Trinajstić information content (AvgIpc) is 2.88. The van der Waals surface area contributed by atoms with Crippen LogP contribution in [0.25, 0.3) is 16.6 Å². The molecule has 0 fully saturated rings. The van der Waals surface area contributed by atoms with Crippen LogP contribution in [-0.4, -0.2) is 17.8 Å². The van der Waals surface area contributed by atoms with Crippen molar-refractivity contribution in [2.24, 2.45) is 0 Å². The molecule has 0 unspecified atom stereocenters. The highest BCUT2D eigenvalue weighted by Crippen LogP contribution is 2.36. The fourth-order valence-electron chi connectivity index (χ4n) is 3.28. The van der Waals surface area contributed by atoms with Crippen molar-refractivity contribution in [3.63, 3.8) is 0 Å². The molecule has 0 atom stereocenters. The van der Waals surface area contributed by atoms with Gasteiger partial charge < -0.3 is 9.14 Å². The summed E-state index contributed by atoms with van der Waals surface area (Å²) >= 11 is 0. The summed E-state index contributed by atoms with van der Waals surface area (Å²) in [6, 6.07) is 8.29. The summed E-state index contributed by atoms with van der Waals surface area (Å²) in [6.45, 7) is 8.20. The number of methoxy groups -OCH3 is 1. The molecule has 0 aliphatic rings. The van der Waals surface area contributed by atoms with Crippen LogP contribution < -0.4 is 4.74 Å². The van der Waals surface area contributed by atoms with Gasteiger partial charge in [0, 0.05) is 17.3 Å². The minimum Gasteiger partial charge on any atom is -0.496 e. The molecule has 0 amide bonds. The Bertz CT molecular complexity index is 919. The maximum absolute atomic E-state index is 11.7. The largest absolute Gasteiger partial charge is 0.496 e. The predicted octanol–water partition coefficient (Wildman–Crippen LogP) is 4.66. The third kappa shape index (κ3) is 2.33. The molecule has 0 aliphatic heterocycles. The monoisotopic (exact) mass is 307 g/mol. The first-order valence-corrected chi connectivity index (χ1v) is 7.70. The van der Waals surface area contributed by atoms with Gasteiger partial charge in [0.05, 0.1) is 12.8 Å². The fraction of sp³-hybridized carbons (Fsp3) is 0.250. The Morgan fingerprint density at radius 2 is 1.74 bits per heavy atom. The summed E-state index contributed by atoms with van der Waals surface area (Å²) in [5.41, 5.74) is 8.24. The van der Waals surface area contributed by atoms with Gasteiger partial charge in [-0.1, -0.05) is 6.07 Å².